The molecule has 1 heterocycles. The number of rotatable bonds is 25. The highest BCUT2D eigenvalue weighted by atomic mass is 28.6. The van der Waals surface area contributed by atoms with Gasteiger partial charge in [0, 0.05) is 60.7 Å². The van der Waals surface area contributed by atoms with Gasteiger partial charge in [0.15, 0.2) is 0 Å². The first-order valence-electron chi connectivity index (χ1n) is 20.4. The van der Waals surface area contributed by atoms with Gasteiger partial charge in [-0.15, -0.1) is 0 Å². The van der Waals surface area contributed by atoms with Gasteiger partial charge >= 0.3 is 44.0 Å². The lowest BCUT2D eigenvalue weighted by atomic mass is 10.4. The summed E-state index contributed by atoms with van der Waals surface area (Å²) in [6.07, 6.45) is 7.94. The Morgan fingerprint density at radius 2 is 0.440 bits per heavy atom. The van der Waals surface area contributed by atoms with Crippen molar-refractivity contribution >= 4 is 44.0 Å². The van der Waals surface area contributed by atoms with E-state index in [0.717, 1.165) is 64.2 Å². The average Bonchev–Trinajstić information content (AvgIpc) is 3.13. The first-order chi connectivity index (χ1) is 23.7. The molecule has 10 nitrogen and oxygen atoms in total. The summed E-state index contributed by atoms with van der Waals surface area (Å²) < 4.78 is 74.0. The van der Waals surface area contributed by atoms with Gasteiger partial charge in [-0.2, -0.15) is 0 Å². The molecule has 0 aromatic rings. The molecule has 0 spiro atoms. The predicted molar refractivity (Wildman–Crippen MR) is 214 cm³/mol. The topological polar surface area (TPSA) is 92.3 Å². The zero-order valence-corrected chi connectivity index (χ0v) is 40.1. The van der Waals surface area contributed by atoms with Crippen LogP contribution in [-0.4, -0.2) is 77.1 Å². The zero-order valence-electron chi connectivity index (χ0n) is 35.1. The zero-order chi connectivity index (χ0) is 38.1. The van der Waals surface area contributed by atoms with Gasteiger partial charge in [-0.3, -0.25) is 0 Å². The third kappa shape index (κ3) is 12.1. The van der Waals surface area contributed by atoms with Crippen LogP contribution in [0.4, 0.5) is 0 Å². The molecule has 50 heavy (non-hydrogen) atoms. The van der Waals surface area contributed by atoms with Gasteiger partial charge in [-0.25, -0.2) is 0 Å². The van der Waals surface area contributed by atoms with Crippen molar-refractivity contribution in [1.82, 2.24) is 0 Å². The largest absolute Gasteiger partial charge is 0.489 e. The van der Waals surface area contributed by atoms with E-state index in [-0.39, 0.29) is 27.7 Å². The Morgan fingerprint density at radius 3 is 0.540 bits per heavy atom. The van der Waals surface area contributed by atoms with Crippen molar-refractivity contribution in [2.24, 2.45) is 0 Å². The van der Waals surface area contributed by atoms with Gasteiger partial charge in [-0.05, 0) is 64.2 Å². The van der Waals surface area contributed by atoms with Gasteiger partial charge in [-0.1, -0.05) is 104 Å². The van der Waals surface area contributed by atoms with E-state index in [0.29, 0.717) is 33.0 Å². The molecule has 5 atom stereocenters. The molecule has 1 aliphatic heterocycles. The maximum absolute atomic E-state index is 7.72. The van der Waals surface area contributed by atoms with Crippen molar-refractivity contribution in [3.63, 3.8) is 0 Å². The van der Waals surface area contributed by atoms with E-state index >= 15 is 0 Å². The smallest absolute Gasteiger partial charge is 0.374 e. The summed E-state index contributed by atoms with van der Waals surface area (Å²) in [4.78, 5) is 0. The molecule has 15 heteroatoms. The van der Waals surface area contributed by atoms with E-state index < -0.39 is 44.0 Å². The highest BCUT2D eigenvalue weighted by Crippen LogP contribution is 2.49. The van der Waals surface area contributed by atoms with Crippen LogP contribution in [0, 0.1) is 0 Å². The van der Waals surface area contributed by atoms with E-state index in [1.165, 1.54) is 0 Å². The van der Waals surface area contributed by atoms with Crippen molar-refractivity contribution in [2.45, 2.75) is 196 Å². The summed E-state index contributed by atoms with van der Waals surface area (Å²) in [6, 6.07) is 0. The monoisotopic (exact) mass is 800 g/mol. The fourth-order valence-corrected chi connectivity index (χ4v) is 33.0. The minimum atomic E-state index is -3.75. The quantitative estimate of drug-likeness (QED) is 0.0831. The minimum Gasteiger partial charge on any atom is -0.374 e. The second kappa shape index (κ2) is 23.6. The molecule has 0 N–H and O–H groups in total. The summed E-state index contributed by atoms with van der Waals surface area (Å²) in [6.45, 7) is 34.8. The van der Waals surface area contributed by atoms with Crippen LogP contribution in [0.15, 0.2) is 0 Å². The second-order valence-electron chi connectivity index (χ2n) is 14.3. The molecule has 0 saturated carbocycles. The Balaban J connectivity index is 4.73. The van der Waals surface area contributed by atoms with Gasteiger partial charge in [0.05, 0.1) is 0 Å². The van der Waals surface area contributed by atoms with Crippen LogP contribution in [-0.2, 0) is 42.7 Å². The standard InChI is InChI=1S/C35H80O10Si5/c1-16-26-36-46(31(11)21-6)41-47(32(12)22-7,37-27-17-2)43-49(34(14)24-9,39-29-19-4)45-50(35(15)25-10,40-30-20-5)44-48(42-46,33(13)23-8)38-28-18-3/h31-35H,16-30H2,1-15H3. The summed E-state index contributed by atoms with van der Waals surface area (Å²) in [5.74, 6) is 0. The Bertz CT molecular complexity index is 733. The molecular formula is C35H80O10Si5. The van der Waals surface area contributed by atoms with E-state index in [1.54, 1.807) is 0 Å². The van der Waals surface area contributed by atoms with Crippen LogP contribution in [0.3, 0.4) is 0 Å². The van der Waals surface area contributed by atoms with Crippen molar-refractivity contribution < 1.29 is 42.7 Å². The summed E-state index contributed by atoms with van der Waals surface area (Å²) in [5.41, 5.74) is -0.434. The molecule has 0 amide bonds. The fraction of sp³-hybridized carbons (Fsp3) is 1.00. The first kappa shape index (κ1) is 48.7. The van der Waals surface area contributed by atoms with Crippen molar-refractivity contribution in [1.29, 1.82) is 0 Å². The van der Waals surface area contributed by atoms with Gasteiger partial charge in [0.1, 0.15) is 0 Å². The van der Waals surface area contributed by atoms with Crippen molar-refractivity contribution in [3.8, 4) is 0 Å². The third-order valence-electron chi connectivity index (χ3n) is 10.0. The van der Waals surface area contributed by atoms with Crippen LogP contribution in [0.25, 0.3) is 0 Å². The van der Waals surface area contributed by atoms with Crippen LogP contribution in [0.1, 0.15) is 168 Å². The lowest BCUT2D eigenvalue weighted by Gasteiger charge is -2.54. The molecule has 0 aliphatic carbocycles. The molecule has 1 fully saturated rings. The first-order valence-corrected chi connectivity index (χ1v) is 29.5. The molecule has 0 aromatic carbocycles. The molecule has 0 bridgehead atoms. The van der Waals surface area contributed by atoms with Crippen molar-refractivity contribution in [3.05, 3.63) is 0 Å². The van der Waals surface area contributed by atoms with E-state index in [2.05, 4.69) is 104 Å². The van der Waals surface area contributed by atoms with E-state index in [1.807, 2.05) is 0 Å². The summed E-state index contributed by atoms with van der Waals surface area (Å²) in [7, 11) is -18.7. The normalized spacial score (nSPS) is 32.7. The molecule has 1 saturated heterocycles. The minimum absolute atomic E-state index is 0.0867. The van der Waals surface area contributed by atoms with Crippen molar-refractivity contribution in [2.75, 3.05) is 33.0 Å². The van der Waals surface area contributed by atoms with Gasteiger partial charge in [0.2, 0.25) is 0 Å². The average molecular weight is 801 g/mol. The highest BCUT2D eigenvalue weighted by molar-refractivity contribution is 6.90. The van der Waals surface area contributed by atoms with E-state index in [9.17, 15) is 0 Å². The molecule has 0 radical (unpaired) electrons. The van der Waals surface area contributed by atoms with Crippen LogP contribution < -0.4 is 0 Å². The molecule has 300 valence electrons. The fourth-order valence-electron chi connectivity index (χ4n) is 5.58. The van der Waals surface area contributed by atoms with Crippen LogP contribution in [0.2, 0.25) is 27.7 Å². The second-order valence-corrected chi connectivity index (χ2v) is 30.8. The third-order valence-corrected chi connectivity index (χ3v) is 32.5. The predicted octanol–water partition coefficient (Wildman–Crippen LogP) is 10.9. The molecular weight excluding hydrogens is 721 g/mol. The molecule has 1 aliphatic rings. The van der Waals surface area contributed by atoms with Crippen LogP contribution >= 0.6 is 0 Å². The molecule has 0 aromatic heterocycles. The lowest BCUT2D eigenvalue weighted by Crippen LogP contribution is -2.76. The Kier molecular flexibility index (Phi) is 23.0. The van der Waals surface area contributed by atoms with E-state index in [4.69, 9.17) is 42.7 Å². The number of hydrogen-bond acceptors (Lipinski definition) is 10. The maximum Gasteiger partial charge on any atom is 0.489 e. The lowest BCUT2D eigenvalue weighted by molar-refractivity contribution is -0.000336. The van der Waals surface area contributed by atoms with Gasteiger partial charge < -0.3 is 42.7 Å². The van der Waals surface area contributed by atoms with Crippen LogP contribution in [0.5, 0.6) is 0 Å². The Hall–Kier alpha value is 0.684. The molecule has 1 rings (SSSR count). The van der Waals surface area contributed by atoms with Gasteiger partial charge in [0.25, 0.3) is 0 Å². The summed E-state index contributed by atoms with van der Waals surface area (Å²) >= 11 is 0. The highest BCUT2D eigenvalue weighted by Gasteiger charge is 2.72. The Morgan fingerprint density at radius 1 is 0.300 bits per heavy atom. The summed E-state index contributed by atoms with van der Waals surface area (Å²) in [5, 5.41) is 0. The Labute approximate surface area is 314 Å². The maximum atomic E-state index is 7.72. The molecule has 5 unspecified atom stereocenters. The SMILES string of the molecule is CCCO[Si]1(C(C)CC)O[Si](OCCC)(C(C)CC)O[Si](OCCC)(C(C)CC)O[Si](OCCC)(C(C)CC)O[Si](OCCC)(C(C)CC)O1. The number of hydrogen-bond donors (Lipinski definition) is 0.